The molecular weight excluding hydrogens is 230 g/mol. The molecule has 0 aliphatic carbocycles. The Bertz CT molecular complexity index is 428. The largest absolute Gasteiger partial charge is 0.338 e. The highest BCUT2D eigenvalue weighted by Gasteiger charge is 2.30. The van der Waals surface area contributed by atoms with Gasteiger partial charge in [-0.2, -0.15) is 0 Å². The van der Waals surface area contributed by atoms with Crippen LogP contribution in [0, 0.1) is 6.92 Å². The zero-order valence-corrected chi connectivity index (χ0v) is 11.3. The minimum absolute atomic E-state index is 0.0230. The lowest BCUT2D eigenvalue weighted by Crippen LogP contribution is -2.39. The molecule has 1 amide bonds. The quantitative estimate of drug-likeness (QED) is 0.888. The summed E-state index contributed by atoms with van der Waals surface area (Å²) >= 11 is 0. The van der Waals surface area contributed by atoms with Gasteiger partial charge in [0.2, 0.25) is 11.8 Å². The number of carbonyl (C=O) groups excluding carboxylic acids is 1. The Labute approximate surface area is 108 Å². The molecule has 1 aromatic heterocycles. The second-order valence-electron chi connectivity index (χ2n) is 4.71. The molecule has 1 aliphatic rings. The van der Waals surface area contributed by atoms with Gasteiger partial charge in [-0.3, -0.25) is 15.0 Å². The number of hydrogen-bond donors (Lipinski definition) is 1. The van der Waals surface area contributed by atoms with Crippen LogP contribution in [0.1, 0.15) is 37.9 Å². The SMILES string of the molecule is CCc1c(C)noc1NC(=O)[C@@H]1CCCN1CC. The minimum Gasteiger partial charge on any atom is -0.338 e. The van der Waals surface area contributed by atoms with Gasteiger partial charge in [0.05, 0.1) is 11.7 Å². The van der Waals surface area contributed by atoms with Crippen molar-refractivity contribution >= 4 is 11.8 Å². The Kier molecular flexibility index (Phi) is 4.01. The monoisotopic (exact) mass is 251 g/mol. The van der Waals surface area contributed by atoms with Crippen LogP contribution in [0.2, 0.25) is 0 Å². The van der Waals surface area contributed by atoms with E-state index in [0.717, 1.165) is 43.6 Å². The van der Waals surface area contributed by atoms with Crippen molar-refractivity contribution in [3.63, 3.8) is 0 Å². The number of nitrogens with zero attached hydrogens (tertiary/aromatic N) is 2. The number of likely N-dealkylation sites (tertiary alicyclic amines) is 1. The number of likely N-dealkylation sites (N-methyl/N-ethyl adjacent to an activating group) is 1. The Morgan fingerprint density at radius 1 is 1.56 bits per heavy atom. The van der Waals surface area contributed by atoms with Crippen molar-refractivity contribution in [2.24, 2.45) is 0 Å². The first-order valence-corrected chi connectivity index (χ1v) is 6.67. The fourth-order valence-electron chi connectivity index (χ4n) is 2.60. The molecule has 1 fully saturated rings. The van der Waals surface area contributed by atoms with Crippen molar-refractivity contribution in [2.75, 3.05) is 18.4 Å². The molecule has 2 rings (SSSR count). The Morgan fingerprint density at radius 2 is 2.33 bits per heavy atom. The molecule has 0 bridgehead atoms. The molecule has 1 N–H and O–H groups in total. The van der Waals surface area contributed by atoms with Gasteiger partial charge in [0.15, 0.2) is 0 Å². The molecule has 2 heterocycles. The van der Waals surface area contributed by atoms with Gasteiger partial charge in [-0.25, -0.2) is 0 Å². The predicted molar refractivity (Wildman–Crippen MR) is 69.5 cm³/mol. The summed E-state index contributed by atoms with van der Waals surface area (Å²) < 4.78 is 5.18. The van der Waals surface area contributed by atoms with Gasteiger partial charge in [0.1, 0.15) is 0 Å². The van der Waals surface area contributed by atoms with E-state index in [1.54, 1.807) is 0 Å². The molecule has 0 saturated carbocycles. The van der Waals surface area contributed by atoms with Crippen molar-refractivity contribution in [1.29, 1.82) is 0 Å². The van der Waals surface area contributed by atoms with E-state index in [-0.39, 0.29) is 11.9 Å². The third-order valence-electron chi connectivity index (χ3n) is 3.65. The Balaban J connectivity index is 2.06. The molecular formula is C13H21N3O2. The van der Waals surface area contributed by atoms with Gasteiger partial charge < -0.3 is 4.52 Å². The molecule has 5 nitrogen and oxygen atoms in total. The van der Waals surface area contributed by atoms with Crippen LogP contribution >= 0.6 is 0 Å². The van der Waals surface area contributed by atoms with Gasteiger partial charge in [0, 0.05) is 5.56 Å². The fourth-order valence-corrected chi connectivity index (χ4v) is 2.60. The normalized spacial score (nSPS) is 20.3. The van der Waals surface area contributed by atoms with Crippen LogP contribution in [0.3, 0.4) is 0 Å². The number of aryl methyl sites for hydroxylation is 1. The first kappa shape index (κ1) is 13.1. The number of rotatable bonds is 4. The standard InChI is InChI=1S/C13H21N3O2/c1-4-10-9(3)15-18-13(10)14-12(17)11-7-6-8-16(11)5-2/h11H,4-8H2,1-3H3,(H,14,17)/t11-/m0/s1. The van der Waals surface area contributed by atoms with Crippen LogP contribution < -0.4 is 5.32 Å². The summed E-state index contributed by atoms with van der Waals surface area (Å²) in [6.07, 6.45) is 2.82. The summed E-state index contributed by atoms with van der Waals surface area (Å²) in [5.41, 5.74) is 1.84. The number of hydrogen-bond acceptors (Lipinski definition) is 4. The molecule has 1 aliphatic heterocycles. The molecule has 0 radical (unpaired) electrons. The van der Waals surface area contributed by atoms with Crippen molar-refractivity contribution in [3.8, 4) is 0 Å². The van der Waals surface area contributed by atoms with E-state index >= 15 is 0 Å². The number of aromatic nitrogens is 1. The summed E-state index contributed by atoms with van der Waals surface area (Å²) in [6, 6.07) is -0.0230. The van der Waals surface area contributed by atoms with Gasteiger partial charge >= 0.3 is 0 Å². The van der Waals surface area contributed by atoms with Crippen molar-refractivity contribution in [1.82, 2.24) is 10.1 Å². The fraction of sp³-hybridized carbons (Fsp3) is 0.692. The van der Waals surface area contributed by atoms with Crippen molar-refractivity contribution in [2.45, 2.75) is 46.1 Å². The van der Waals surface area contributed by atoms with Crippen LogP contribution in [-0.2, 0) is 11.2 Å². The van der Waals surface area contributed by atoms with Crippen LogP contribution in [0.15, 0.2) is 4.52 Å². The van der Waals surface area contributed by atoms with E-state index in [0.29, 0.717) is 5.88 Å². The summed E-state index contributed by atoms with van der Waals surface area (Å²) in [5, 5.41) is 6.78. The maximum Gasteiger partial charge on any atom is 0.244 e. The minimum atomic E-state index is -0.0230. The lowest BCUT2D eigenvalue weighted by atomic mass is 10.1. The van der Waals surface area contributed by atoms with Gasteiger partial charge in [-0.05, 0) is 39.3 Å². The number of anilines is 1. The second kappa shape index (κ2) is 5.52. The first-order chi connectivity index (χ1) is 8.67. The van der Waals surface area contributed by atoms with E-state index < -0.39 is 0 Å². The van der Waals surface area contributed by atoms with E-state index in [9.17, 15) is 4.79 Å². The number of amides is 1. The summed E-state index contributed by atoms with van der Waals surface area (Å²) in [7, 11) is 0. The molecule has 1 atom stereocenters. The lowest BCUT2D eigenvalue weighted by Gasteiger charge is -2.21. The second-order valence-corrected chi connectivity index (χ2v) is 4.71. The first-order valence-electron chi connectivity index (χ1n) is 6.67. The summed E-state index contributed by atoms with van der Waals surface area (Å²) in [4.78, 5) is 14.4. The summed E-state index contributed by atoms with van der Waals surface area (Å²) in [5.74, 6) is 0.545. The average Bonchev–Trinajstić information content (AvgIpc) is 2.96. The molecule has 5 heteroatoms. The van der Waals surface area contributed by atoms with Crippen LogP contribution in [0.5, 0.6) is 0 Å². The van der Waals surface area contributed by atoms with Crippen LogP contribution in [-0.4, -0.2) is 35.1 Å². The van der Waals surface area contributed by atoms with E-state index in [1.165, 1.54) is 0 Å². The third kappa shape index (κ3) is 2.41. The molecule has 100 valence electrons. The molecule has 1 aromatic rings. The highest BCUT2D eigenvalue weighted by atomic mass is 16.5. The molecule has 0 aromatic carbocycles. The van der Waals surface area contributed by atoms with Gasteiger partial charge in [-0.1, -0.05) is 19.0 Å². The predicted octanol–water partition coefficient (Wildman–Crippen LogP) is 1.97. The molecule has 1 saturated heterocycles. The number of carbonyl (C=O) groups is 1. The highest BCUT2D eigenvalue weighted by Crippen LogP contribution is 2.22. The van der Waals surface area contributed by atoms with E-state index in [4.69, 9.17) is 4.52 Å². The van der Waals surface area contributed by atoms with Crippen LogP contribution in [0.4, 0.5) is 5.88 Å². The van der Waals surface area contributed by atoms with Crippen molar-refractivity contribution < 1.29 is 9.32 Å². The zero-order chi connectivity index (χ0) is 13.1. The van der Waals surface area contributed by atoms with E-state index in [1.807, 2.05) is 13.8 Å². The van der Waals surface area contributed by atoms with Crippen LogP contribution in [0.25, 0.3) is 0 Å². The summed E-state index contributed by atoms with van der Waals surface area (Å²) in [6.45, 7) is 7.93. The van der Waals surface area contributed by atoms with Gasteiger partial charge in [0.25, 0.3) is 0 Å². The third-order valence-corrected chi connectivity index (χ3v) is 3.65. The maximum absolute atomic E-state index is 12.2. The molecule has 0 spiro atoms. The lowest BCUT2D eigenvalue weighted by molar-refractivity contribution is -0.120. The smallest absolute Gasteiger partial charge is 0.244 e. The Morgan fingerprint density at radius 3 is 3.00 bits per heavy atom. The van der Waals surface area contributed by atoms with Gasteiger partial charge in [-0.15, -0.1) is 0 Å². The zero-order valence-electron chi connectivity index (χ0n) is 11.3. The molecule has 0 unspecified atom stereocenters. The average molecular weight is 251 g/mol. The maximum atomic E-state index is 12.2. The highest BCUT2D eigenvalue weighted by molar-refractivity contribution is 5.94. The topological polar surface area (TPSA) is 58.4 Å². The number of nitrogens with one attached hydrogen (secondary N) is 1. The molecule has 18 heavy (non-hydrogen) atoms. The Hall–Kier alpha value is -1.36. The van der Waals surface area contributed by atoms with Crippen molar-refractivity contribution in [3.05, 3.63) is 11.3 Å². The van der Waals surface area contributed by atoms with E-state index in [2.05, 4.69) is 22.3 Å².